The minimum atomic E-state index is -0.808. The molecule has 2 aromatic rings. The molecule has 1 saturated heterocycles. The maximum atomic E-state index is 12.8. The Morgan fingerprint density at radius 3 is 2.32 bits per heavy atom. The van der Waals surface area contributed by atoms with Crippen molar-refractivity contribution >= 4 is 11.5 Å². The highest BCUT2D eigenvalue weighted by molar-refractivity contribution is 5.77. The molecule has 1 fully saturated rings. The Balaban J connectivity index is 1.26. The van der Waals surface area contributed by atoms with Gasteiger partial charge in [-0.2, -0.15) is 0 Å². The molecule has 0 aromatic heterocycles. The first-order chi connectivity index (χ1) is 15.0. The van der Waals surface area contributed by atoms with Crippen molar-refractivity contribution in [3.05, 3.63) is 90.3 Å². The summed E-state index contributed by atoms with van der Waals surface area (Å²) in [4.78, 5) is 14.7. The van der Waals surface area contributed by atoms with Crippen LogP contribution in [0.1, 0.15) is 43.2 Å². The average Bonchev–Trinajstić information content (AvgIpc) is 2.81. The Labute approximate surface area is 184 Å². The molecule has 2 aromatic carbocycles. The number of nitrogens with zero attached hydrogens (tertiary/aromatic N) is 2. The monoisotopic (exact) mass is 417 g/mol. The van der Waals surface area contributed by atoms with Crippen molar-refractivity contribution in [2.75, 3.05) is 19.6 Å². The van der Waals surface area contributed by atoms with Gasteiger partial charge in [0.1, 0.15) is 0 Å². The molecule has 2 N–H and O–H groups in total. The first-order valence-electron chi connectivity index (χ1n) is 11.0. The molecule has 2 heterocycles. The van der Waals surface area contributed by atoms with E-state index in [1.165, 1.54) is 5.56 Å². The van der Waals surface area contributed by atoms with Gasteiger partial charge < -0.3 is 15.4 Å². The Bertz CT molecular complexity index is 932. The number of carbonyl (C=O) groups excluding carboxylic acids is 1. The van der Waals surface area contributed by atoms with Gasteiger partial charge in [-0.15, -0.1) is 0 Å². The van der Waals surface area contributed by atoms with Crippen LogP contribution in [0, 0.1) is 0 Å². The summed E-state index contributed by atoms with van der Waals surface area (Å²) in [6, 6.07) is 20.4. The molecule has 162 valence electrons. The number of amides is 1. The van der Waals surface area contributed by atoms with Crippen LogP contribution in [0.5, 0.6) is 0 Å². The van der Waals surface area contributed by atoms with Gasteiger partial charge in [0.15, 0.2) is 0 Å². The number of carbonyl (C=O) groups is 1. The van der Waals surface area contributed by atoms with Gasteiger partial charge in [-0.1, -0.05) is 67.6 Å². The third kappa shape index (κ3) is 5.36. The number of piperidine rings is 1. The molecule has 1 unspecified atom stereocenters. The van der Waals surface area contributed by atoms with Crippen molar-refractivity contribution in [2.24, 2.45) is 0 Å². The molecular weight excluding hydrogens is 386 g/mol. The van der Waals surface area contributed by atoms with Gasteiger partial charge in [-0.05, 0) is 36.0 Å². The van der Waals surface area contributed by atoms with Gasteiger partial charge in [0.2, 0.25) is 5.91 Å². The first-order valence-corrected chi connectivity index (χ1v) is 11.0. The number of β-amino-alcohol motifs (C(OH)–C–C–N with tert-alkyl or cyclic N) is 1. The number of benzene rings is 2. The largest absolute Gasteiger partial charge is 0.388 e. The third-order valence-electron chi connectivity index (χ3n) is 6.29. The summed E-state index contributed by atoms with van der Waals surface area (Å²) in [6.07, 6.45) is 7.66. The molecule has 5 heteroatoms. The van der Waals surface area contributed by atoms with Gasteiger partial charge in [0, 0.05) is 37.5 Å². The van der Waals surface area contributed by atoms with Gasteiger partial charge in [0.25, 0.3) is 0 Å². The number of hydrogen-bond acceptors (Lipinski definition) is 4. The number of hydrogen-bond donors (Lipinski definition) is 2. The summed E-state index contributed by atoms with van der Waals surface area (Å²) in [7, 11) is 0. The van der Waals surface area contributed by atoms with Crippen LogP contribution in [0.4, 0.5) is 0 Å². The molecule has 1 atom stereocenters. The predicted molar refractivity (Wildman–Crippen MR) is 124 cm³/mol. The first kappa shape index (κ1) is 21.2. The summed E-state index contributed by atoms with van der Waals surface area (Å²) >= 11 is 0. The molecule has 5 nitrogen and oxygen atoms in total. The van der Waals surface area contributed by atoms with E-state index in [0.717, 1.165) is 11.1 Å². The number of nitrogens with one attached hydrogen (secondary N) is 1. The second-order valence-electron chi connectivity index (χ2n) is 8.66. The quantitative estimate of drug-likeness (QED) is 0.748. The molecule has 0 radical (unpaired) electrons. The van der Waals surface area contributed by atoms with E-state index in [0.29, 0.717) is 38.9 Å². The fourth-order valence-electron chi connectivity index (χ4n) is 4.26. The van der Waals surface area contributed by atoms with Gasteiger partial charge in [0.05, 0.1) is 12.1 Å². The van der Waals surface area contributed by atoms with Crippen molar-refractivity contribution in [3.8, 4) is 0 Å². The lowest BCUT2D eigenvalue weighted by Crippen LogP contribution is -2.53. The summed E-state index contributed by atoms with van der Waals surface area (Å²) in [5.74, 6) is 0.368. The number of likely N-dealkylation sites (tertiary alicyclic amines) is 1. The summed E-state index contributed by atoms with van der Waals surface area (Å²) in [5.41, 5.74) is 5.91. The molecule has 31 heavy (non-hydrogen) atoms. The van der Waals surface area contributed by atoms with Crippen molar-refractivity contribution in [1.29, 1.82) is 0 Å². The van der Waals surface area contributed by atoms with Crippen molar-refractivity contribution in [2.45, 2.75) is 37.7 Å². The van der Waals surface area contributed by atoms with Crippen molar-refractivity contribution in [1.82, 2.24) is 15.3 Å². The van der Waals surface area contributed by atoms with Crippen LogP contribution < -0.4 is 5.43 Å². The molecular formula is C26H31N3O2. The van der Waals surface area contributed by atoms with Crippen LogP contribution in [0.3, 0.4) is 0 Å². The van der Waals surface area contributed by atoms with Crippen LogP contribution >= 0.6 is 0 Å². The smallest absolute Gasteiger partial charge is 0.223 e. The van der Waals surface area contributed by atoms with E-state index in [2.05, 4.69) is 42.7 Å². The maximum Gasteiger partial charge on any atom is 0.223 e. The standard InChI is InChI=1S/C26H31N3O2/c1-21(22-8-4-2-5-9-22)18-25(30)28-16-13-26(31,14-17-28)20-29-15-12-24(19-27-29)23-10-6-3-7-11-23/h2-12,15,19,21,27,31H,13-14,16-18,20H2,1H3. The summed E-state index contributed by atoms with van der Waals surface area (Å²) in [6.45, 7) is 3.78. The second-order valence-corrected chi connectivity index (χ2v) is 8.66. The average molecular weight is 418 g/mol. The SMILES string of the molecule is CC(CC(=O)N1CCC(O)(CN2C=CC(c3ccccc3)=CN2)CC1)c1ccccc1. The lowest BCUT2D eigenvalue weighted by atomic mass is 9.90. The summed E-state index contributed by atoms with van der Waals surface area (Å²) in [5, 5.41) is 13.0. The lowest BCUT2D eigenvalue weighted by Gasteiger charge is -2.41. The van der Waals surface area contributed by atoms with E-state index in [1.807, 2.05) is 58.7 Å². The second kappa shape index (κ2) is 9.40. The lowest BCUT2D eigenvalue weighted by molar-refractivity contribution is -0.136. The highest BCUT2D eigenvalue weighted by atomic mass is 16.3. The maximum absolute atomic E-state index is 12.8. The number of rotatable bonds is 6. The molecule has 0 saturated carbocycles. The molecule has 0 bridgehead atoms. The Morgan fingerprint density at radius 2 is 1.71 bits per heavy atom. The Kier molecular flexibility index (Phi) is 6.42. The zero-order valence-electron chi connectivity index (χ0n) is 18.1. The number of allylic oxidation sites excluding steroid dienone is 2. The van der Waals surface area contributed by atoms with E-state index in [1.54, 1.807) is 0 Å². The molecule has 4 rings (SSSR count). The van der Waals surface area contributed by atoms with Gasteiger partial charge >= 0.3 is 0 Å². The predicted octanol–water partition coefficient (Wildman–Crippen LogP) is 3.91. The van der Waals surface area contributed by atoms with E-state index >= 15 is 0 Å². The van der Waals surface area contributed by atoms with Crippen molar-refractivity contribution < 1.29 is 9.90 Å². The van der Waals surface area contributed by atoms with Crippen LogP contribution in [0.25, 0.3) is 5.57 Å². The Morgan fingerprint density at radius 1 is 1.06 bits per heavy atom. The van der Waals surface area contributed by atoms with E-state index in [4.69, 9.17) is 0 Å². The highest BCUT2D eigenvalue weighted by Gasteiger charge is 2.35. The third-order valence-corrected chi connectivity index (χ3v) is 6.29. The van der Waals surface area contributed by atoms with E-state index in [-0.39, 0.29) is 11.8 Å². The minimum absolute atomic E-state index is 0.171. The Hall–Kier alpha value is -3.05. The zero-order valence-corrected chi connectivity index (χ0v) is 18.1. The van der Waals surface area contributed by atoms with Crippen LogP contribution in [0.15, 0.2) is 79.1 Å². The molecule has 0 aliphatic carbocycles. The van der Waals surface area contributed by atoms with Crippen molar-refractivity contribution in [3.63, 3.8) is 0 Å². The number of hydrazine groups is 1. The normalized spacial score (nSPS) is 18.8. The zero-order chi connectivity index (χ0) is 21.7. The van der Waals surface area contributed by atoms with Crippen LogP contribution in [-0.2, 0) is 4.79 Å². The van der Waals surface area contributed by atoms with E-state index in [9.17, 15) is 9.90 Å². The highest BCUT2D eigenvalue weighted by Crippen LogP contribution is 2.27. The topological polar surface area (TPSA) is 55.8 Å². The fourth-order valence-corrected chi connectivity index (χ4v) is 4.26. The minimum Gasteiger partial charge on any atom is -0.388 e. The van der Waals surface area contributed by atoms with Crippen LogP contribution in [-0.4, -0.2) is 46.2 Å². The molecule has 0 spiro atoms. The van der Waals surface area contributed by atoms with Gasteiger partial charge in [-0.25, -0.2) is 0 Å². The summed E-state index contributed by atoms with van der Waals surface area (Å²) < 4.78 is 0. The van der Waals surface area contributed by atoms with Crippen LogP contribution in [0.2, 0.25) is 0 Å². The number of aliphatic hydroxyl groups is 1. The van der Waals surface area contributed by atoms with Gasteiger partial charge in [-0.3, -0.25) is 9.80 Å². The van der Waals surface area contributed by atoms with E-state index < -0.39 is 5.60 Å². The molecule has 2 aliphatic heterocycles. The fraction of sp³-hybridized carbons (Fsp3) is 0.346. The molecule has 2 aliphatic rings. The molecule has 1 amide bonds.